The molecule has 1 aliphatic rings. The molecule has 0 aromatic heterocycles. The number of anilines is 1. The minimum absolute atomic E-state index is 0.0905. The first-order valence-corrected chi connectivity index (χ1v) is 8.07. The number of quaternary nitrogens is 1. The summed E-state index contributed by atoms with van der Waals surface area (Å²) in [5.74, 6) is 0. The first-order valence-electron chi connectivity index (χ1n) is 6.94. The second kappa shape index (κ2) is 6.47. The minimum atomic E-state index is 0.0905. The molecule has 114 valence electrons. The number of hydrogen-bond acceptors (Lipinski definition) is 2. The monoisotopic (exact) mass is 354 g/mol. The third kappa shape index (κ3) is 3.08. The van der Waals surface area contributed by atoms with Crippen LogP contribution in [0.5, 0.6) is 0 Å². The highest BCUT2D eigenvalue weighted by molar-refractivity contribution is 6.36. The zero-order valence-electron chi connectivity index (χ0n) is 11.8. The lowest BCUT2D eigenvalue weighted by Crippen LogP contribution is -2.53. The Labute approximate surface area is 144 Å². The van der Waals surface area contributed by atoms with E-state index < -0.39 is 0 Å². The predicted molar refractivity (Wildman–Crippen MR) is 92.9 cm³/mol. The molecule has 0 aliphatic carbocycles. The molecule has 0 saturated heterocycles. The minimum Gasteiger partial charge on any atom is -0.353 e. The van der Waals surface area contributed by atoms with Crippen LogP contribution in [0.15, 0.2) is 47.6 Å². The number of halogens is 3. The molecular formula is C16H15Cl3N3+. The Hall–Kier alpha value is -1.26. The molecule has 0 amide bonds. The average molecular weight is 356 g/mol. The van der Waals surface area contributed by atoms with Gasteiger partial charge in [0.2, 0.25) is 0 Å². The van der Waals surface area contributed by atoms with Gasteiger partial charge in [-0.3, -0.25) is 5.01 Å². The fourth-order valence-corrected chi connectivity index (χ4v) is 3.18. The normalized spacial score (nSPS) is 17.7. The van der Waals surface area contributed by atoms with Gasteiger partial charge in [0.05, 0.1) is 22.5 Å². The highest BCUT2D eigenvalue weighted by Crippen LogP contribution is 2.39. The van der Waals surface area contributed by atoms with Crippen molar-refractivity contribution < 1.29 is 5.73 Å². The zero-order valence-corrected chi connectivity index (χ0v) is 14.0. The molecule has 1 unspecified atom stereocenters. The van der Waals surface area contributed by atoms with E-state index in [2.05, 4.69) is 10.8 Å². The fraction of sp³-hybridized carbons (Fsp3) is 0.188. The molecule has 0 spiro atoms. The van der Waals surface area contributed by atoms with Gasteiger partial charge in [-0.25, -0.2) is 0 Å². The second-order valence-corrected chi connectivity index (χ2v) is 6.41. The van der Waals surface area contributed by atoms with Crippen molar-refractivity contribution in [2.75, 3.05) is 11.6 Å². The Kier molecular flexibility index (Phi) is 4.59. The van der Waals surface area contributed by atoms with Crippen molar-refractivity contribution in [1.82, 2.24) is 0 Å². The lowest BCUT2D eigenvalue weighted by atomic mass is 10.0. The van der Waals surface area contributed by atoms with Gasteiger partial charge in [-0.05, 0) is 35.9 Å². The van der Waals surface area contributed by atoms with Gasteiger partial charge in [-0.2, -0.15) is 5.10 Å². The molecule has 3 N–H and O–H groups in total. The van der Waals surface area contributed by atoms with Gasteiger partial charge in [-0.15, -0.1) is 0 Å². The first-order chi connectivity index (χ1) is 10.6. The maximum Gasteiger partial charge on any atom is 0.115 e. The lowest BCUT2D eigenvalue weighted by molar-refractivity contribution is -0.346. The summed E-state index contributed by atoms with van der Waals surface area (Å²) in [5.41, 5.74) is 6.97. The van der Waals surface area contributed by atoms with Crippen LogP contribution in [0.3, 0.4) is 0 Å². The Morgan fingerprint density at radius 1 is 1.05 bits per heavy atom. The van der Waals surface area contributed by atoms with Gasteiger partial charge in [0.1, 0.15) is 6.54 Å². The van der Waals surface area contributed by atoms with Crippen LogP contribution in [-0.2, 0) is 0 Å². The second-order valence-electron chi connectivity index (χ2n) is 5.13. The van der Waals surface area contributed by atoms with Gasteiger partial charge in [0.25, 0.3) is 0 Å². The van der Waals surface area contributed by atoms with Crippen LogP contribution in [-0.4, -0.2) is 12.3 Å². The predicted octanol–water partition coefficient (Wildman–Crippen LogP) is 4.20. The average Bonchev–Trinajstić information content (AvgIpc) is 2.92. The van der Waals surface area contributed by atoms with Crippen molar-refractivity contribution in [2.24, 2.45) is 5.10 Å². The number of rotatable bonds is 3. The van der Waals surface area contributed by atoms with Gasteiger partial charge < -0.3 is 5.73 Å². The number of hydrazone groups is 1. The summed E-state index contributed by atoms with van der Waals surface area (Å²) in [5, 5.41) is 8.53. The van der Waals surface area contributed by atoms with Crippen LogP contribution in [0.2, 0.25) is 15.1 Å². The van der Waals surface area contributed by atoms with Crippen molar-refractivity contribution in [3.05, 3.63) is 63.1 Å². The van der Waals surface area contributed by atoms with Crippen LogP contribution < -0.4 is 10.7 Å². The van der Waals surface area contributed by atoms with E-state index in [4.69, 9.17) is 34.8 Å². The molecule has 1 heterocycles. The molecule has 0 radical (unpaired) electrons. The van der Waals surface area contributed by atoms with E-state index in [-0.39, 0.29) is 6.04 Å². The maximum atomic E-state index is 6.35. The molecule has 0 bridgehead atoms. The first kappa shape index (κ1) is 15.6. The number of benzene rings is 2. The van der Waals surface area contributed by atoms with E-state index in [0.29, 0.717) is 16.6 Å². The summed E-state index contributed by atoms with van der Waals surface area (Å²) in [6.07, 6.45) is 0.823. The molecule has 0 saturated carbocycles. The van der Waals surface area contributed by atoms with Crippen molar-refractivity contribution >= 4 is 46.2 Å². The summed E-state index contributed by atoms with van der Waals surface area (Å²) in [7, 11) is 0. The Morgan fingerprint density at radius 2 is 1.73 bits per heavy atom. The SMILES string of the molecule is [NH3+]CC1=NN(c2ccc(Cl)cc2Cl)C(c2ccc(Cl)cc2)C1. The van der Waals surface area contributed by atoms with Gasteiger partial charge in [-0.1, -0.05) is 46.9 Å². The summed E-state index contributed by atoms with van der Waals surface area (Å²) >= 11 is 18.3. The van der Waals surface area contributed by atoms with E-state index in [1.165, 1.54) is 0 Å². The fourth-order valence-electron chi connectivity index (χ4n) is 2.56. The van der Waals surface area contributed by atoms with Crippen molar-refractivity contribution in [1.29, 1.82) is 0 Å². The van der Waals surface area contributed by atoms with Crippen LogP contribution in [0.1, 0.15) is 18.0 Å². The number of hydrogen-bond donors (Lipinski definition) is 1. The van der Waals surface area contributed by atoms with Crippen molar-refractivity contribution in [3.8, 4) is 0 Å². The quantitative estimate of drug-likeness (QED) is 0.881. The summed E-state index contributed by atoms with van der Waals surface area (Å²) in [6.45, 7) is 0.672. The summed E-state index contributed by atoms with van der Waals surface area (Å²) in [6, 6.07) is 13.4. The molecular weight excluding hydrogens is 341 g/mol. The third-order valence-electron chi connectivity index (χ3n) is 3.67. The lowest BCUT2D eigenvalue weighted by Gasteiger charge is -2.25. The Morgan fingerprint density at radius 3 is 2.36 bits per heavy atom. The van der Waals surface area contributed by atoms with E-state index in [0.717, 1.165) is 28.4 Å². The van der Waals surface area contributed by atoms with Crippen LogP contribution in [0, 0.1) is 0 Å². The third-order valence-corrected chi connectivity index (χ3v) is 4.46. The Bertz CT molecular complexity index is 713. The van der Waals surface area contributed by atoms with E-state index in [1.807, 2.05) is 41.4 Å². The Balaban J connectivity index is 2.01. The molecule has 2 aromatic carbocycles. The highest BCUT2D eigenvalue weighted by Gasteiger charge is 2.30. The van der Waals surface area contributed by atoms with Crippen molar-refractivity contribution in [3.63, 3.8) is 0 Å². The molecule has 6 heteroatoms. The highest BCUT2D eigenvalue weighted by atomic mass is 35.5. The molecule has 22 heavy (non-hydrogen) atoms. The van der Waals surface area contributed by atoms with Gasteiger partial charge in [0, 0.05) is 16.5 Å². The zero-order chi connectivity index (χ0) is 15.7. The van der Waals surface area contributed by atoms with E-state index in [9.17, 15) is 0 Å². The maximum absolute atomic E-state index is 6.35. The molecule has 0 fully saturated rings. The van der Waals surface area contributed by atoms with Crippen molar-refractivity contribution in [2.45, 2.75) is 12.5 Å². The van der Waals surface area contributed by atoms with E-state index >= 15 is 0 Å². The van der Waals surface area contributed by atoms with E-state index in [1.54, 1.807) is 6.07 Å². The van der Waals surface area contributed by atoms with Crippen LogP contribution in [0.4, 0.5) is 5.69 Å². The molecule has 2 aromatic rings. The molecule has 3 rings (SSSR count). The molecule has 3 nitrogen and oxygen atoms in total. The smallest absolute Gasteiger partial charge is 0.115 e. The molecule has 1 atom stereocenters. The topological polar surface area (TPSA) is 43.2 Å². The summed E-state index contributed by atoms with van der Waals surface area (Å²) < 4.78 is 0. The largest absolute Gasteiger partial charge is 0.353 e. The van der Waals surface area contributed by atoms with Crippen LogP contribution in [0.25, 0.3) is 0 Å². The van der Waals surface area contributed by atoms with Gasteiger partial charge in [0.15, 0.2) is 0 Å². The van der Waals surface area contributed by atoms with Crippen LogP contribution >= 0.6 is 34.8 Å². The van der Waals surface area contributed by atoms with Gasteiger partial charge >= 0.3 is 0 Å². The standard InChI is InChI=1S/C16H14Cl3N3/c17-11-3-1-10(2-4-11)16-8-13(9-20)21-22(16)15-6-5-12(18)7-14(15)19/h1-7,16H,8-9,20H2/p+1. The summed E-state index contributed by atoms with van der Waals surface area (Å²) in [4.78, 5) is 0. The molecule has 1 aliphatic heterocycles. The number of nitrogens with zero attached hydrogens (tertiary/aromatic N) is 2.